The number of Topliss-reactive ketones (excluding diaryl/α,β-unsaturated/α-hetero) is 1. The normalized spacial score (nSPS) is 12.7. The Morgan fingerprint density at radius 3 is 2.24 bits per heavy atom. The summed E-state index contributed by atoms with van der Waals surface area (Å²) in [5.41, 5.74) is 0.391. The van der Waals surface area contributed by atoms with Crippen molar-refractivity contribution in [3.63, 3.8) is 0 Å². The lowest BCUT2D eigenvalue weighted by molar-refractivity contribution is -0.144. The second-order valence-corrected chi connectivity index (χ2v) is 4.57. The number of carbonyl (C=O) groups excluding carboxylic acids is 2. The van der Waals surface area contributed by atoms with Crippen molar-refractivity contribution in [2.75, 3.05) is 13.2 Å². The summed E-state index contributed by atoms with van der Waals surface area (Å²) in [6, 6.07) is 5.56. The molecule has 5 nitrogen and oxygen atoms in total. The first-order chi connectivity index (χ1) is 9.99. The van der Waals surface area contributed by atoms with Gasteiger partial charge in [-0.3, -0.25) is 4.79 Å². The number of ketones is 1. The van der Waals surface area contributed by atoms with Gasteiger partial charge in [-0.15, -0.1) is 0 Å². The number of benzene rings is 1. The van der Waals surface area contributed by atoms with Crippen LogP contribution in [-0.4, -0.2) is 36.9 Å². The molecular weight excluding hydrogens is 294 g/mol. The summed E-state index contributed by atoms with van der Waals surface area (Å²) in [4.78, 5) is 27.9. The molecule has 21 heavy (non-hydrogen) atoms. The maximum atomic E-state index is 12.3. The molecule has 114 valence electrons. The number of hydrogen-bond donors (Lipinski definition) is 0. The lowest BCUT2D eigenvalue weighted by atomic mass is 10.1. The van der Waals surface area contributed by atoms with Gasteiger partial charge in [-0.1, -0.05) is 11.6 Å². The molecule has 0 heterocycles. The molecule has 1 aromatic carbocycles. The van der Waals surface area contributed by atoms with E-state index in [0.29, 0.717) is 10.6 Å². The topological polar surface area (TPSA) is 65.0 Å². The summed E-state index contributed by atoms with van der Waals surface area (Å²) >= 11 is 5.78. The summed E-state index contributed by atoms with van der Waals surface area (Å²) in [5.74, 6) is -1.01. The minimum Gasteiger partial charge on any atom is -0.475 e. The van der Waals surface area contributed by atoms with Crippen LogP contribution in [0.1, 0.15) is 31.1 Å². The molecule has 0 N–H and O–H groups in total. The van der Waals surface area contributed by atoms with Crippen molar-refractivity contribution in [1.29, 1.82) is 0 Å². The van der Waals surface area contributed by atoms with Gasteiger partial charge in [0, 0.05) is 10.6 Å². The van der Waals surface area contributed by atoms with Crippen LogP contribution < -0.4 is 0 Å². The van der Waals surface area contributed by atoms with Crippen LogP contribution in [0.3, 0.4) is 0 Å². The molecule has 0 saturated heterocycles. The molecule has 0 saturated carbocycles. The van der Waals surface area contributed by atoms with Crippen LogP contribution in [0, 0.1) is 0 Å². The van der Waals surface area contributed by atoms with Gasteiger partial charge >= 0.3 is 5.97 Å². The molecule has 1 unspecified atom stereocenters. The first-order valence-corrected chi connectivity index (χ1v) is 7.04. The number of aliphatic imine (C=N–C) groups is 1. The average molecular weight is 312 g/mol. The molecule has 0 spiro atoms. The summed E-state index contributed by atoms with van der Waals surface area (Å²) in [6.07, 6.45) is 0. The number of hydrogen-bond acceptors (Lipinski definition) is 5. The fraction of sp³-hybridized carbons (Fsp3) is 0.400. The molecule has 0 aliphatic heterocycles. The van der Waals surface area contributed by atoms with Crippen LogP contribution in [0.15, 0.2) is 29.3 Å². The SMILES string of the molecule is CCOC(=O)C(C)N=C(OCC)C(=O)c1ccc(Cl)cc1. The van der Waals surface area contributed by atoms with E-state index in [9.17, 15) is 9.59 Å². The van der Waals surface area contributed by atoms with E-state index in [1.54, 1.807) is 45.0 Å². The van der Waals surface area contributed by atoms with E-state index in [1.165, 1.54) is 0 Å². The summed E-state index contributed by atoms with van der Waals surface area (Å²) < 4.78 is 10.1. The van der Waals surface area contributed by atoms with E-state index in [4.69, 9.17) is 21.1 Å². The predicted octanol–water partition coefficient (Wildman–Crippen LogP) is 2.91. The van der Waals surface area contributed by atoms with E-state index < -0.39 is 17.8 Å². The van der Waals surface area contributed by atoms with Gasteiger partial charge in [0.05, 0.1) is 13.2 Å². The Morgan fingerprint density at radius 2 is 1.71 bits per heavy atom. The molecule has 6 heteroatoms. The number of carbonyl (C=O) groups is 2. The number of ether oxygens (including phenoxy) is 2. The average Bonchev–Trinajstić information content (AvgIpc) is 2.47. The van der Waals surface area contributed by atoms with Crippen molar-refractivity contribution >= 4 is 29.3 Å². The fourth-order valence-corrected chi connectivity index (χ4v) is 1.64. The molecular formula is C15H18ClNO4. The van der Waals surface area contributed by atoms with Gasteiger partial charge in [-0.25, -0.2) is 9.79 Å². The Balaban J connectivity index is 2.97. The molecule has 1 atom stereocenters. The number of halogens is 1. The van der Waals surface area contributed by atoms with Crippen LogP contribution in [0.25, 0.3) is 0 Å². The lowest BCUT2D eigenvalue weighted by Gasteiger charge is -2.10. The molecule has 0 radical (unpaired) electrons. The van der Waals surface area contributed by atoms with Crippen molar-refractivity contribution in [2.24, 2.45) is 4.99 Å². The molecule has 0 amide bonds. The third-order valence-corrected chi connectivity index (χ3v) is 2.77. The van der Waals surface area contributed by atoms with E-state index in [1.807, 2.05) is 0 Å². The van der Waals surface area contributed by atoms with Gasteiger partial charge < -0.3 is 9.47 Å². The Hall–Kier alpha value is -1.88. The van der Waals surface area contributed by atoms with Crippen LogP contribution in [0.4, 0.5) is 0 Å². The van der Waals surface area contributed by atoms with Crippen molar-refractivity contribution in [3.8, 4) is 0 Å². The van der Waals surface area contributed by atoms with Crippen molar-refractivity contribution in [1.82, 2.24) is 0 Å². The number of rotatable bonds is 6. The van der Waals surface area contributed by atoms with E-state index in [-0.39, 0.29) is 19.1 Å². The highest BCUT2D eigenvalue weighted by atomic mass is 35.5. The molecule has 1 rings (SSSR count). The second-order valence-electron chi connectivity index (χ2n) is 4.13. The minimum atomic E-state index is -0.803. The Morgan fingerprint density at radius 1 is 1.14 bits per heavy atom. The highest BCUT2D eigenvalue weighted by Gasteiger charge is 2.20. The highest BCUT2D eigenvalue weighted by molar-refractivity contribution is 6.43. The largest absolute Gasteiger partial charge is 0.475 e. The summed E-state index contributed by atoms with van der Waals surface area (Å²) in [7, 11) is 0. The van der Waals surface area contributed by atoms with Gasteiger partial charge in [0.2, 0.25) is 5.78 Å². The van der Waals surface area contributed by atoms with Gasteiger partial charge in [0.25, 0.3) is 5.90 Å². The second kappa shape index (κ2) is 8.42. The standard InChI is InChI=1S/C15H18ClNO4/c1-4-20-14(17-10(3)15(19)21-5-2)13(18)11-6-8-12(16)9-7-11/h6-10H,4-5H2,1-3H3. The zero-order valence-corrected chi connectivity index (χ0v) is 13.0. The third kappa shape index (κ3) is 5.19. The smallest absolute Gasteiger partial charge is 0.330 e. The van der Waals surface area contributed by atoms with Crippen LogP contribution in [-0.2, 0) is 14.3 Å². The predicted molar refractivity (Wildman–Crippen MR) is 80.9 cm³/mol. The van der Waals surface area contributed by atoms with E-state index >= 15 is 0 Å². The van der Waals surface area contributed by atoms with Gasteiger partial charge in [-0.05, 0) is 45.0 Å². The number of esters is 1. The molecule has 0 aromatic heterocycles. The quantitative estimate of drug-likeness (QED) is 0.351. The molecule has 0 aliphatic rings. The summed E-state index contributed by atoms with van der Waals surface area (Å²) in [6.45, 7) is 5.52. The molecule has 1 aromatic rings. The Kier molecular flexibility index (Phi) is 6.88. The zero-order valence-electron chi connectivity index (χ0n) is 12.3. The van der Waals surface area contributed by atoms with Crippen molar-refractivity contribution in [2.45, 2.75) is 26.8 Å². The maximum Gasteiger partial charge on any atom is 0.330 e. The molecule has 0 aliphatic carbocycles. The summed E-state index contributed by atoms with van der Waals surface area (Å²) in [5, 5.41) is 0.529. The van der Waals surface area contributed by atoms with Crippen LogP contribution in [0.5, 0.6) is 0 Å². The Labute approximate surface area is 128 Å². The number of nitrogens with zero attached hydrogens (tertiary/aromatic N) is 1. The monoisotopic (exact) mass is 311 g/mol. The highest BCUT2D eigenvalue weighted by Crippen LogP contribution is 2.11. The zero-order chi connectivity index (χ0) is 15.8. The van der Waals surface area contributed by atoms with E-state index in [0.717, 1.165) is 0 Å². The van der Waals surface area contributed by atoms with E-state index in [2.05, 4.69) is 4.99 Å². The molecule has 0 fully saturated rings. The lowest BCUT2D eigenvalue weighted by Crippen LogP contribution is -2.25. The van der Waals surface area contributed by atoms with Crippen LogP contribution >= 0.6 is 11.6 Å². The van der Waals surface area contributed by atoms with Crippen molar-refractivity contribution < 1.29 is 19.1 Å². The molecule has 0 bridgehead atoms. The minimum absolute atomic E-state index is 0.111. The fourth-order valence-electron chi connectivity index (χ4n) is 1.51. The maximum absolute atomic E-state index is 12.3. The van der Waals surface area contributed by atoms with Crippen LogP contribution in [0.2, 0.25) is 5.02 Å². The first-order valence-electron chi connectivity index (χ1n) is 6.67. The van der Waals surface area contributed by atoms with Gasteiger partial charge in [0.1, 0.15) is 6.04 Å². The van der Waals surface area contributed by atoms with Gasteiger partial charge in [-0.2, -0.15) is 0 Å². The Bertz CT molecular complexity index is 525. The van der Waals surface area contributed by atoms with Gasteiger partial charge in [0.15, 0.2) is 0 Å². The third-order valence-electron chi connectivity index (χ3n) is 2.52. The van der Waals surface area contributed by atoms with Crippen molar-refractivity contribution in [3.05, 3.63) is 34.9 Å². The first kappa shape index (κ1) is 17.2.